The van der Waals surface area contributed by atoms with Crippen molar-refractivity contribution >= 4 is 11.4 Å². The van der Waals surface area contributed by atoms with Gasteiger partial charge < -0.3 is 15.0 Å². The van der Waals surface area contributed by atoms with Crippen LogP contribution in [0.15, 0.2) is 18.2 Å². The van der Waals surface area contributed by atoms with E-state index in [1.807, 2.05) is 0 Å². The average Bonchev–Trinajstić information content (AvgIpc) is 2.97. The standard InChI is InChI=1S/C17H26N2O/c1-3-19(12-16-5-4-10-20-16)15-8-9-17-14(11-15)7-6-13(2)18-17/h8-9,11,13,16,18H,3-7,10,12H2,1-2H3. The summed E-state index contributed by atoms with van der Waals surface area (Å²) in [6.45, 7) is 7.50. The lowest BCUT2D eigenvalue weighted by Gasteiger charge is -2.29. The van der Waals surface area contributed by atoms with Crippen LogP contribution in [-0.2, 0) is 11.2 Å². The Morgan fingerprint density at radius 1 is 1.35 bits per heavy atom. The van der Waals surface area contributed by atoms with Gasteiger partial charge in [0.15, 0.2) is 0 Å². The number of anilines is 2. The van der Waals surface area contributed by atoms with Gasteiger partial charge in [0.2, 0.25) is 0 Å². The van der Waals surface area contributed by atoms with Crippen LogP contribution in [0.3, 0.4) is 0 Å². The first-order valence-electron chi connectivity index (χ1n) is 8.02. The van der Waals surface area contributed by atoms with E-state index in [2.05, 4.69) is 42.3 Å². The highest BCUT2D eigenvalue weighted by Crippen LogP contribution is 2.29. The van der Waals surface area contributed by atoms with E-state index in [4.69, 9.17) is 4.74 Å². The van der Waals surface area contributed by atoms with Crippen LogP contribution in [-0.4, -0.2) is 31.8 Å². The molecule has 0 radical (unpaired) electrons. The van der Waals surface area contributed by atoms with Gasteiger partial charge in [-0.15, -0.1) is 0 Å². The lowest BCUT2D eigenvalue weighted by molar-refractivity contribution is 0.115. The quantitative estimate of drug-likeness (QED) is 0.910. The van der Waals surface area contributed by atoms with Gasteiger partial charge in [-0.05, 0) is 63.3 Å². The van der Waals surface area contributed by atoms with E-state index in [9.17, 15) is 0 Å². The lowest BCUT2D eigenvalue weighted by Crippen LogP contribution is -2.32. The molecule has 0 amide bonds. The van der Waals surface area contributed by atoms with E-state index < -0.39 is 0 Å². The fraction of sp³-hybridized carbons (Fsp3) is 0.647. The van der Waals surface area contributed by atoms with Crippen molar-refractivity contribution in [2.45, 2.75) is 51.7 Å². The maximum atomic E-state index is 5.78. The van der Waals surface area contributed by atoms with Gasteiger partial charge in [0, 0.05) is 37.1 Å². The molecule has 1 N–H and O–H groups in total. The molecule has 1 saturated heterocycles. The molecule has 2 unspecified atom stereocenters. The molecule has 2 heterocycles. The number of rotatable bonds is 4. The summed E-state index contributed by atoms with van der Waals surface area (Å²) in [5.41, 5.74) is 4.13. The third-order valence-electron chi connectivity index (χ3n) is 4.53. The first-order valence-corrected chi connectivity index (χ1v) is 8.02. The van der Waals surface area contributed by atoms with Gasteiger partial charge >= 0.3 is 0 Å². The second-order valence-corrected chi connectivity index (χ2v) is 6.10. The summed E-state index contributed by atoms with van der Waals surface area (Å²) in [6.07, 6.45) is 5.27. The molecule has 3 heteroatoms. The molecular weight excluding hydrogens is 248 g/mol. The van der Waals surface area contributed by atoms with Gasteiger partial charge in [-0.1, -0.05) is 0 Å². The summed E-state index contributed by atoms with van der Waals surface area (Å²) in [6, 6.07) is 7.47. The largest absolute Gasteiger partial charge is 0.382 e. The van der Waals surface area contributed by atoms with Crippen LogP contribution in [0.5, 0.6) is 0 Å². The Morgan fingerprint density at radius 3 is 3.00 bits per heavy atom. The van der Waals surface area contributed by atoms with Crippen molar-refractivity contribution < 1.29 is 4.74 Å². The molecule has 3 rings (SSSR count). The summed E-state index contributed by atoms with van der Waals surface area (Å²) in [4.78, 5) is 2.45. The maximum Gasteiger partial charge on any atom is 0.0750 e. The number of hydrogen-bond donors (Lipinski definition) is 1. The number of nitrogens with one attached hydrogen (secondary N) is 1. The molecule has 110 valence electrons. The average molecular weight is 274 g/mol. The highest BCUT2D eigenvalue weighted by molar-refractivity contribution is 5.62. The van der Waals surface area contributed by atoms with Crippen molar-refractivity contribution in [1.29, 1.82) is 0 Å². The molecule has 0 spiro atoms. The van der Waals surface area contributed by atoms with Crippen LogP contribution in [0.25, 0.3) is 0 Å². The van der Waals surface area contributed by atoms with E-state index in [-0.39, 0.29) is 0 Å². The Labute approximate surface area is 122 Å². The third-order valence-corrected chi connectivity index (χ3v) is 4.53. The summed E-state index contributed by atoms with van der Waals surface area (Å²) in [5, 5.41) is 3.57. The zero-order valence-corrected chi connectivity index (χ0v) is 12.7. The Kier molecular flexibility index (Phi) is 4.16. The molecule has 3 nitrogen and oxygen atoms in total. The zero-order chi connectivity index (χ0) is 13.9. The van der Waals surface area contributed by atoms with Crippen LogP contribution < -0.4 is 10.2 Å². The number of nitrogens with zero attached hydrogens (tertiary/aromatic N) is 1. The van der Waals surface area contributed by atoms with Crippen molar-refractivity contribution in [3.05, 3.63) is 23.8 Å². The molecule has 1 fully saturated rings. The predicted molar refractivity (Wildman–Crippen MR) is 84.7 cm³/mol. The fourth-order valence-electron chi connectivity index (χ4n) is 3.29. The number of aryl methyl sites for hydroxylation is 1. The molecule has 0 bridgehead atoms. The van der Waals surface area contributed by atoms with Gasteiger partial charge in [-0.3, -0.25) is 0 Å². The summed E-state index contributed by atoms with van der Waals surface area (Å²) in [5.74, 6) is 0. The second kappa shape index (κ2) is 6.04. The minimum atomic E-state index is 0.420. The minimum Gasteiger partial charge on any atom is -0.382 e. The zero-order valence-electron chi connectivity index (χ0n) is 12.7. The van der Waals surface area contributed by atoms with Crippen molar-refractivity contribution in [2.24, 2.45) is 0 Å². The smallest absolute Gasteiger partial charge is 0.0750 e. The number of benzene rings is 1. The maximum absolute atomic E-state index is 5.78. The van der Waals surface area contributed by atoms with Crippen molar-refractivity contribution in [2.75, 3.05) is 29.9 Å². The molecule has 1 aromatic carbocycles. The molecule has 0 aromatic heterocycles. The van der Waals surface area contributed by atoms with Crippen LogP contribution in [0.2, 0.25) is 0 Å². The van der Waals surface area contributed by atoms with Gasteiger partial charge in [0.25, 0.3) is 0 Å². The number of fused-ring (bicyclic) bond motifs is 1. The SMILES string of the molecule is CCN(CC1CCCO1)c1ccc2c(c1)CCC(C)N2. The normalized spacial score (nSPS) is 25.1. The highest BCUT2D eigenvalue weighted by atomic mass is 16.5. The number of likely N-dealkylation sites (N-methyl/N-ethyl adjacent to an activating group) is 1. The topological polar surface area (TPSA) is 24.5 Å². The Morgan fingerprint density at radius 2 is 2.25 bits per heavy atom. The highest BCUT2D eigenvalue weighted by Gasteiger charge is 2.20. The fourth-order valence-corrected chi connectivity index (χ4v) is 3.29. The van der Waals surface area contributed by atoms with Gasteiger partial charge in [0.05, 0.1) is 6.10 Å². The molecule has 20 heavy (non-hydrogen) atoms. The lowest BCUT2D eigenvalue weighted by atomic mass is 9.98. The van der Waals surface area contributed by atoms with Crippen LogP contribution in [0.1, 0.15) is 38.7 Å². The van der Waals surface area contributed by atoms with E-state index in [1.165, 1.54) is 42.6 Å². The van der Waals surface area contributed by atoms with E-state index in [0.29, 0.717) is 12.1 Å². The van der Waals surface area contributed by atoms with Crippen molar-refractivity contribution in [1.82, 2.24) is 0 Å². The van der Waals surface area contributed by atoms with Crippen molar-refractivity contribution in [3.8, 4) is 0 Å². The minimum absolute atomic E-state index is 0.420. The first kappa shape index (κ1) is 13.7. The first-order chi connectivity index (χ1) is 9.76. The number of ether oxygens (including phenoxy) is 1. The molecule has 0 aliphatic carbocycles. The summed E-state index contributed by atoms with van der Waals surface area (Å²) in [7, 11) is 0. The Bertz CT molecular complexity index is 454. The predicted octanol–water partition coefficient (Wildman–Crippen LogP) is 3.44. The summed E-state index contributed by atoms with van der Waals surface area (Å²) >= 11 is 0. The van der Waals surface area contributed by atoms with Crippen LogP contribution >= 0.6 is 0 Å². The van der Waals surface area contributed by atoms with E-state index >= 15 is 0 Å². The molecule has 0 saturated carbocycles. The summed E-state index contributed by atoms with van der Waals surface area (Å²) < 4.78 is 5.78. The Balaban J connectivity index is 1.74. The van der Waals surface area contributed by atoms with Crippen LogP contribution in [0.4, 0.5) is 11.4 Å². The third kappa shape index (κ3) is 2.93. The second-order valence-electron chi connectivity index (χ2n) is 6.10. The van der Waals surface area contributed by atoms with Gasteiger partial charge in [0.1, 0.15) is 0 Å². The molecule has 2 atom stereocenters. The monoisotopic (exact) mass is 274 g/mol. The molecule has 1 aromatic rings. The van der Waals surface area contributed by atoms with Gasteiger partial charge in [-0.2, -0.15) is 0 Å². The Hall–Kier alpha value is -1.22. The molecular formula is C17H26N2O. The van der Waals surface area contributed by atoms with E-state index in [0.717, 1.165) is 19.7 Å². The number of hydrogen-bond acceptors (Lipinski definition) is 3. The van der Waals surface area contributed by atoms with E-state index in [1.54, 1.807) is 0 Å². The molecule has 2 aliphatic heterocycles. The van der Waals surface area contributed by atoms with Crippen LogP contribution in [0, 0.1) is 0 Å². The van der Waals surface area contributed by atoms with Crippen molar-refractivity contribution in [3.63, 3.8) is 0 Å². The van der Waals surface area contributed by atoms with Gasteiger partial charge in [-0.25, -0.2) is 0 Å². The molecule has 2 aliphatic rings.